The molecule has 1 atom stereocenters. The minimum atomic E-state index is -3.65. The number of ether oxygens (including phenoxy) is 1. The van der Waals surface area contributed by atoms with Crippen LogP contribution in [0.4, 0.5) is 4.79 Å². The first-order valence-electron chi connectivity index (χ1n) is 8.91. The summed E-state index contributed by atoms with van der Waals surface area (Å²) in [5.41, 5.74) is -0.580. The molecule has 2 heterocycles. The van der Waals surface area contributed by atoms with Gasteiger partial charge >= 0.3 is 6.09 Å². The van der Waals surface area contributed by atoms with Gasteiger partial charge in [-0.05, 0) is 51.3 Å². The molecule has 0 aliphatic carbocycles. The number of rotatable bonds is 2. The molecular weight excluding hydrogens is 366 g/mol. The lowest BCUT2D eigenvalue weighted by molar-refractivity contribution is 0.0143. The summed E-state index contributed by atoms with van der Waals surface area (Å²) in [7, 11) is -3.65. The molecule has 1 aromatic carbocycles. The molecule has 1 fully saturated rings. The van der Waals surface area contributed by atoms with Gasteiger partial charge in [0.25, 0.3) is 0 Å². The van der Waals surface area contributed by atoms with E-state index in [1.165, 1.54) is 4.31 Å². The maximum atomic E-state index is 13.1. The first kappa shape index (κ1) is 19.6. The van der Waals surface area contributed by atoms with Gasteiger partial charge in [0.2, 0.25) is 10.0 Å². The monoisotopic (exact) mass is 391 g/mol. The van der Waals surface area contributed by atoms with Crippen molar-refractivity contribution in [3.05, 3.63) is 36.7 Å². The second-order valence-electron chi connectivity index (χ2n) is 7.78. The molecule has 7 nitrogen and oxygen atoms in total. The van der Waals surface area contributed by atoms with Crippen LogP contribution < -0.4 is 0 Å². The number of carbonyl (C=O) groups excluding carboxylic acids is 1. The number of sulfonamides is 1. The summed E-state index contributed by atoms with van der Waals surface area (Å²) in [6.45, 7) is 8.07. The fourth-order valence-corrected chi connectivity index (χ4v) is 4.80. The van der Waals surface area contributed by atoms with Crippen LogP contribution in [-0.4, -0.2) is 60.0 Å². The number of hydrogen-bond acceptors (Lipinski definition) is 5. The summed E-state index contributed by atoms with van der Waals surface area (Å²) >= 11 is 0. The molecular formula is C19H25N3O4S. The van der Waals surface area contributed by atoms with E-state index in [4.69, 9.17) is 4.74 Å². The van der Waals surface area contributed by atoms with E-state index in [1.807, 2.05) is 20.8 Å². The number of nitrogens with zero attached hydrogens (tertiary/aromatic N) is 3. The Balaban J connectivity index is 1.78. The van der Waals surface area contributed by atoms with E-state index in [0.717, 1.165) is 10.8 Å². The topological polar surface area (TPSA) is 79.8 Å². The van der Waals surface area contributed by atoms with Crippen molar-refractivity contribution in [2.75, 3.05) is 19.6 Å². The van der Waals surface area contributed by atoms with Crippen molar-refractivity contribution in [3.63, 3.8) is 0 Å². The molecule has 0 N–H and O–H groups in total. The van der Waals surface area contributed by atoms with Crippen LogP contribution in [0.3, 0.4) is 0 Å². The molecule has 0 unspecified atom stereocenters. The molecule has 0 radical (unpaired) electrons. The molecule has 1 saturated heterocycles. The van der Waals surface area contributed by atoms with Gasteiger partial charge in [0.15, 0.2) is 0 Å². The van der Waals surface area contributed by atoms with Crippen LogP contribution in [0.15, 0.2) is 41.6 Å². The number of piperazine rings is 1. The van der Waals surface area contributed by atoms with Gasteiger partial charge in [-0.25, -0.2) is 13.2 Å². The Bertz CT molecular complexity index is 953. The molecule has 146 valence electrons. The number of amides is 1. The van der Waals surface area contributed by atoms with Crippen molar-refractivity contribution < 1.29 is 17.9 Å². The Morgan fingerprint density at radius 3 is 2.59 bits per heavy atom. The van der Waals surface area contributed by atoms with Gasteiger partial charge in [-0.2, -0.15) is 4.31 Å². The molecule has 1 aliphatic heterocycles. The largest absolute Gasteiger partial charge is 0.444 e. The SMILES string of the molecule is C[C@H]1CN(C(=O)OC(C)(C)C)CCN1S(=O)(=O)c1ccc2cnccc2c1. The Morgan fingerprint density at radius 1 is 1.19 bits per heavy atom. The molecule has 0 bridgehead atoms. The van der Waals surface area contributed by atoms with Crippen molar-refractivity contribution in [2.45, 2.75) is 44.2 Å². The van der Waals surface area contributed by atoms with Crippen molar-refractivity contribution in [1.82, 2.24) is 14.2 Å². The minimum Gasteiger partial charge on any atom is -0.444 e. The van der Waals surface area contributed by atoms with E-state index in [0.29, 0.717) is 13.1 Å². The predicted molar refractivity (Wildman–Crippen MR) is 103 cm³/mol. The zero-order chi connectivity index (χ0) is 19.8. The molecule has 27 heavy (non-hydrogen) atoms. The lowest BCUT2D eigenvalue weighted by Gasteiger charge is -2.39. The number of benzene rings is 1. The number of hydrogen-bond donors (Lipinski definition) is 0. The first-order chi connectivity index (χ1) is 12.6. The van der Waals surface area contributed by atoms with Gasteiger partial charge in [-0.1, -0.05) is 6.07 Å². The minimum absolute atomic E-state index is 0.233. The summed E-state index contributed by atoms with van der Waals surface area (Å²) in [4.78, 5) is 18.1. The maximum absolute atomic E-state index is 13.1. The quantitative estimate of drug-likeness (QED) is 0.786. The van der Waals surface area contributed by atoms with Crippen LogP contribution in [0.5, 0.6) is 0 Å². The zero-order valence-corrected chi connectivity index (χ0v) is 16.9. The van der Waals surface area contributed by atoms with Gasteiger partial charge in [0, 0.05) is 43.5 Å². The molecule has 0 saturated carbocycles. The summed E-state index contributed by atoms with van der Waals surface area (Å²) in [6, 6.07) is 6.48. The van der Waals surface area contributed by atoms with Gasteiger partial charge < -0.3 is 9.64 Å². The third-order valence-electron chi connectivity index (χ3n) is 4.44. The Hall–Kier alpha value is -2.19. The second kappa shape index (κ2) is 7.09. The van der Waals surface area contributed by atoms with E-state index < -0.39 is 21.7 Å². The van der Waals surface area contributed by atoms with Gasteiger partial charge in [0.05, 0.1) is 4.90 Å². The highest BCUT2D eigenvalue weighted by Gasteiger charge is 2.36. The maximum Gasteiger partial charge on any atom is 0.410 e. The van der Waals surface area contributed by atoms with Crippen molar-refractivity contribution in [2.24, 2.45) is 0 Å². The lowest BCUT2D eigenvalue weighted by atomic mass is 10.2. The summed E-state index contributed by atoms with van der Waals surface area (Å²) < 4.78 is 33.1. The zero-order valence-electron chi connectivity index (χ0n) is 16.0. The predicted octanol–water partition coefficient (Wildman–Crippen LogP) is 2.86. The standard InChI is InChI=1S/C19H25N3O4S/c1-14-13-21(18(23)26-19(2,3)4)9-10-22(14)27(24,25)17-6-5-16-12-20-8-7-15(16)11-17/h5-8,11-12,14H,9-10,13H2,1-4H3/t14-/m0/s1. The fourth-order valence-electron chi connectivity index (χ4n) is 3.15. The van der Waals surface area contributed by atoms with E-state index in [9.17, 15) is 13.2 Å². The van der Waals surface area contributed by atoms with Gasteiger partial charge in [-0.3, -0.25) is 4.98 Å². The molecule has 1 aliphatic rings. The van der Waals surface area contributed by atoms with E-state index in [1.54, 1.807) is 48.5 Å². The van der Waals surface area contributed by atoms with Gasteiger partial charge in [-0.15, -0.1) is 0 Å². The lowest BCUT2D eigenvalue weighted by Crippen LogP contribution is -2.55. The fraction of sp³-hybridized carbons (Fsp3) is 0.474. The smallest absolute Gasteiger partial charge is 0.410 e. The van der Waals surface area contributed by atoms with E-state index in [2.05, 4.69) is 4.98 Å². The number of carbonyl (C=O) groups is 1. The molecule has 8 heteroatoms. The highest BCUT2D eigenvalue weighted by atomic mass is 32.2. The number of fused-ring (bicyclic) bond motifs is 1. The van der Waals surface area contributed by atoms with E-state index in [-0.39, 0.29) is 17.5 Å². The van der Waals surface area contributed by atoms with Crippen molar-refractivity contribution in [1.29, 1.82) is 0 Å². The number of aromatic nitrogens is 1. The van der Waals surface area contributed by atoms with Crippen LogP contribution in [-0.2, 0) is 14.8 Å². The van der Waals surface area contributed by atoms with Crippen molar-refractivity contribution in [3.8, 4) is 0 Å². The van der Waals surface area contributed by atoms with Crippen LogP contribution in [0.25, 0.3) is 10.8 Å². The molecule has 3 rings (SSSR count). The Kier molecular flexibility index (Phi) is 5.14. The van der Waals surface area contributed by atoms with Crippen molar-refractivity contribution >= 4 is 26.9 Å². The Labute approximate surface area is 160 Å². The molecule has 2 aromatic rings. The summed E-state index contributed by atoms with van der Waals surface area (Å²) in [5, 5.41) is 1.71. The van der Waals surface area contributed by atoms with E-state index >= 15 is 0 Å². The second-order valence-corrected chi connectivity index (χ2v) is 9.67. The van der Waals surface area contributed by atoms with Gasteiger partial charge in [0.1, 0.15) is 5.60 Å². The average molecular weight is 391 g/mol. The third kappa shape index (κ3) is 4.22. The highest BCUT2D eigenvalue weighted by Crippen LogP contribution is 2.25. The average Bonchev–Trinajstić information content (AvgIpc) is 2.59. The summed E-state index contributed by atoms with van der Waals surface area (Å²) in [6.07, 6.45) is 2.93. The molecule has 1 amide bonds. The first-order valence-corrected chi connectivity index (χ1v) is 10.4. The van der Waals surface area contributed by atoms with Crippen LogP contribution >= 0.6 is 0 Å². The molecule has 0 spiro atoms. The third-order valence-corrected chi connectivity index (χ3v) is 6.45. The molecule has 1 aromatic heterocycles. The Morgan fingerprint density at radius 2 is 1.93 bits per heavy atom. The highest BCUT2D eigenvalue weighted by molar-refractivity contribution is 7.89. The normalized spacial score (nSPS) is 19.3. The number of pyridine rings is 1. The summed E-state index contributed by atoms with van der Waals surface area (Å²) in [5.74, 6) is 0. The van der Waals surface area contributed by atoms with Crippen LogP contribution in [0, 0.1) is 0 Å². The van der Waals surface area contributed by atoms with Crippen LogP contribution in [0.2, 0.25) is 0 Å². The van der Waals surface area contributed by atoms with Crippen LogP contribution in [0.1, 0.15) is 27.7 Å².